The number of methoxy groups -OCH3 is 4. The van der Waals surface area contributed by atoms with Crippen molar-refractivity contribution in [3.63, 3.8) is 0 Å². The molecule has 0 saturated heterocycles. The van der Waals surface area contributed by atoms with Crippen molar-refractivity contribution in [1.82, 2.24) is 4.68 Å². The SMILES string of the molecule is CN=c1scc(-c2cc(OC)c(OC)c(OC)c2)n1N=Cc1ccc(OC(=O)C2CC2)c(OC)c1. The molecule has 4 rings (SSSR count). The van der Waals surface area contributed by atoms with Gasteiger partial charge in [-0.3, -0.25) is 9.79 Å². The summed E-state index contributed by atoms with van der Waals surface area (Å²) in [5.41, 5.74) is 2.39. The zero-order chi connectivity index (χ0) is 24.9. The second-order valence-corrected chi connectivity index (χ2v) is 8.54. The first-order valence-corrected chi connectivity index (χ1v) is 11.8. The first kappa shape index (κ1) is 24.3. The molecule has 10 heteroatoms. The molecule has 2 aromatic carbocycles. The van der Waals surface area contributed by atoms with E-state index in [0.717, 1.165) is 29.7 Å². The summed E-state index contributed by atoms with van der Waals surface area (Å²) in [4.78, 5) is 17.1. The molecule has 9 nitrogen and oxygen atoms in total. The van der Waals surface area contributed by atoms with Gasteiger partial charge in [0.15, 0.2) is 23.0 Å². The van der Waals surface area contributed by atoms with E-state index in [1.54, 1.807) is 51.4 Å². The van der Waals surface area contributed by atoms with Gasteiger partial charge in [-0.05, 0) is 48.7 Å². The van der Waals surface area contributed by atoms with Crippen molar-refractivity contribution in [2.75, 3.05) is 35.5 Å². The van der Waals surface area contributed by atoms with Crippen molar-refractivity contribution < 1.29 is 28.5 Å². The first-order valence-electron chi connectivity index (χ1n) is 10.9. The molecule has 0 bridgehead atoms. The lowest BCUT2D eigenvalue weighted by atomic mass is 10.1. The van der Waals surface area contributed by atoms with E-state index in [4.69, 9.17) is 23.7 Å². The van der Waals surface area contributed by atoms with Crippen LogP contribution in [-0.4, -0.2) is 52.3 Å². The third-order valence-electron chi connectivity index (χ3n) is 5.47. The molecule has 0 aliphatic heterocycles. The highest BCUT2D eigenvalue weighted by atomic mass is 32.1. The molecular weight excluding hydrogens is 470 g/mol. The molecular formula is C25H27N3O6S. The topological polar surface area (TPSA) is 92.9 Å². The molecule has 1 heterocycles. The van der Waals surface area contributed by atoms with Crippen molar-refractivity contribution in [2.45, 2.75) is 12.8 Å². The molecule has 35 heavy (non-hydrogen) atoms. The van der Waals surface area contributed by atoms with Gasteiger partial charge in [0.05, 0.1) is 46.3 Å². The number of rotatable bonds is 9. The molecule has 1 aliphatic carbocycles. The predicted molar refractivity (Wildman–Crippen MR) is 133 cm³/mol. The van der Waals surface area contributed by atoms with Crippen LogP contribution >= 0.6 is 11.3 Å². The standard InChI is InChI=1S/C25H27N3O6S/c1-26-25-28(18(14-35-25)17-11-21(31-3)23(33-5)22(12-17)32-4)27-13-15-6-9-19(20(10-15)30-2)34-24(29)16-7-8-16/h6,9-14,16H,7-8H2,1-5H3. The van der Waals surface area contributed by atoms with Crippen LogP contribution in [-0.2, 0) is 4.79 Å². The van der Waals surface area contributed by atoms with Crippen LogP contribution in [0.3, 0.4) is 0 Å². The van der Waals surface area contributed by atoms with Gasteiger partial charge in [-0.25, -0.2) is 4.68 Å². The van der Waals surface area contributed by atoms with E-state index in [-0.39, 0.29) is 11.9 Å². The predicted octanol–water partition coefficient (Wildman–Crippen LogP) is 3.98. The lowest BCUT2D eigenvalue weighted by Crippen LogP contribution is -2.12. The summed E-state index contributed by atoms with van der Waals surface area (Å²) in [6.45, 7) is 0. The number of hydrogen-bond acceptors (Lipinski definition) is 9. The number of benzene rings is 2. The molecule has 0 atom stereocenters. The van der Waals surface area contributed by atoms with E-state index in [1.807, 2.05) is 23.6 Å². The van der Waals surface area contributed by atoms with E-state index in [0.29, 0.717) is 33.5 Å². The Morgan fingerprint density at radius 2 is 1.66 bits per heavy atom. The summed E-state index contributed by atoms with van der Waals surface area (Å²) >= 11 is 1.46. The number of esters is 1. The molecule has 0 amide bonds. The number of carbonyl (C=O) groups is 1. The van der Waals surface area contributed by atoms with Gasteiger partial charge < -0.3 is 23.7 Å². The van der Waals surface area contributed by atoms with E-state index < -0.39 is 0 Å². The molecule has 0 N–H and O–H groups in total. The van der Waals surface area contributed by atoms with Gasteiger partial charge in [0, 0.05) is 18.0 Å². The highest BCUT2D eigenvalue weighted by molar-refractivity contribution is 7.07. The Morgan fingerprint density at radius 1 is 0.971 bits per heavy atom. The van der Waals surface area contributed by atoms with Crippen LogP contribution in [0.4, 0.5) is 0 Å². The van der Waals surface area contributed by atoms with Crippen LogP contribution in [0.1, 0.15) is 18.4 Å². The van der Waals surface area contributed by atoms with Gasteiger partial charge in [-0.1, -0.05) is 0 Å². The Hall–Kier alpha value is -3.79. The smallest absolute Gasteiger partial charge is 0.314 e. The maximum atomic E-state index is 12.0. The van der Waals surface area contributed by atoms with Crippen LogP contribution in [0.25, 0.3) is 11.3 Å². The molecule has 184 valence electrons. The highest BCUT2D eigenvalue weighted by Crippen LogP contribution is 2.41. The monoisotopic (exact) mass is 497 g/mol. The van der Waals surface area contributed by atoms with Crippen molar-refractivity contribution in [3.05, 3.63) is 46.1 Å². The Morgan fingerprint density at radius 3 is 2.23 bits per heavy atom. The average Bonchev–Trinajstić information content (AvgIpc) is 3.66. The first-order chi connectivity index (χ1) is 17.0. The minimum atomic E-state index is -0.220. The summed E-state index contributed by atoms with van der Waals surface area (Å²) in [5, 5.41) is 6.63. The maximum absolute atomic E-state index is 12.0. The summed E-state index contributed by atoms with van der Waals surface area (Å²) < 4.78 is 29.1. The number of carbonyl (C=O) groups excluding carboxylic acids is 1. The second kappa shape index (κ2) is 10.6. The second-order valence-electron chi connectivity index (χ2n) is 7.70. The lowest BCUT2D eigenvalue weighted by molar-refractivity contribution is -0.135. The van der Waals surface area contributed by atoms with Gasteiger partial charge in [0.2, 0.25) is 10.6 Å². The summed E-state index contributed by atoms with van der Waals surface area (Å²) in [6.07, 6.45) is 3.45. The Bertz CT molecular complexity index is 1300. The molecule has 0 unspecified atom stereocenters. The van der Waals surface area contributed by atoms with Crippen LogP contribution in [0.5, 0.6) is 28.7 Å². The molecule has 1 fully saturated rings. The van der Waals surface area contributed by atoms with Gasteiger partial charge in [-0.2, -0.15) is 5.10 Å². The van der Waals surface area contributed by atoms with Crippen LogP contribution in [0, 0.1) is 5.92 Å². The number of ether oxygens (including phenoxy) is 5. The van der Waals surface area contributed by atoms with Gasteiger partial charge in [0.25, 0.3) is 0 Å². The van der Waals surface area contributed by atoms with Crippen LogP contribution < -0.4 is 28.5 Å². The highest BCUT2D eigenvalue weighted by Gasteiger charge is 2.32. The fourth-order valence-corrected chi connectivity index (χ4v) is 4.28. The van der Waals surface area contributed by atoms with Gasteiger partial charge in [0.1, 0.15) is 0 Å². The quantitative estimate of drug-likeness (QED) is 0.252. The lowest BCUT2D eigenvalue weighted by Gasteiger charge is -2.14. The van der Waals surface area contributed by atoms with Crippen molar-refractivity contribution >= 4 is 23.5 Å². The molecule has 0 radical (unpaired) electrons. The van der Waals surface area contributed by atoms with Crippen molar-refractivity contribution in [2.24, 2.45) is 16.0 Å². The summed E-state index contributed by atoms with van der Waals surface area (Å²) in [5.74, 6) is 2.23. The molecule has 1 saturated carbocycles. The maximum Gasteiger partial charge on any atom is 0.314 e. The van der Waals surface area contributed by atoms with Gasteiger partial charge >= 0.3 is 5.97 Å². The zero-order valence-electron chi connectivity index (χ0n) is 20.2. The fraction of sp³-hybridized carbons (Fsp3) is 0.320. The number of aromatic nitrogens is 1. The molecule has 3 aromatic rings. The minimum absolute atomic E-state index is 0.000718. The Labute approximate surface area is 207 Å². The molecule has 1 aliphatic rings. The summed E-state index contributed by atoms with van der Waals surface area (Å²) in [7, 11) is 7.97. The Balaban J connectivity index is 1.69. The third-order valence-corrected chi connectivity index (χ3v) is 6.38. The van der Waals surface area contributed by atoms with E-state index in [1.165, 1.54) is 18.4 Å². The molecule has 1 aromatic heterocycles. The number of thiazole rings is 1. The van der Waals surface area contributed by atoms with E-state index in [9.17, 15) is 4.79 Å². The van der Waals surface area contributed by atoms with Crippen LogP contribution in [0.15, 0.2) is 45.8 Å². The Kier molecular flexibility index (Phi) is 7.40. The molecule has 0 spiro atoms. The zero-order valence-corrected chi connectivity index (χ0v) is 21.0. The number of hydrogen-bond donors (Lipinski definition) is 0. The normalized spacial score (nSPS) is 13.7. The third kappa shape index (κ3) is 5.17. The minimum Gasteiger partial charge on any atom is -0.493 e. The van der Waals surface area contributed by atoms with Crippen LogP contribution in [0.2, 0.25) is 0 Å². The van der Waals surface area contributed by atoms with Crippen molar-refractivity contribution in [1.29, 1.82) is 0 Å². The van der Waals surface area contributed by atoms with Crippen molar-refractivity contribution in [3.8, 4) is 40.0 Å². The van der Waals surface area contributed by atoms with Gasteiger partial charge in [-0.15, -0.1) is 11.3 Å². The average molecular weight is 498 g/mol. The van der Waals surface area contributed by atoms with E-state index >= 15 is 0 Å². The fourth-order valence-electron chi connectivity index (χ4n) is 3.47. The number of nitrogens with zero attached hydrogens (tertiary/aromatic N) is 3. The van der Waals surface area contributed by atoms with E-state index in [2.05, 4.69) is 10.1 Å². The largest absolute Gasteiger partial charge is 0.493 e. The summed E-state index contributed by atoms with van der Waals surface area (Å²) in [6, 6.07) is 9.02.